The lowest BCUT2D eigenvalue weighted by atomic mass is 9.87. The smallest absolute Gasteiger partial charge is 0.321 e. The van der Waals surface area contributed by atoms with Crippen molar-refractivity contribution in [1.29, 1.82) is 0 Å². The van der Waals surface area contributed by atoms with Crippen molar-refractivity contribution in [3.63, 3.8) is 0 Å². The summed E-state index contributed by atoms with van der Waals surface area (Å²) in [7, 11) is 0.416. The third-order valence-corrected chi connectivity index (χ3v) is 12.9. The minimum Gasteiger partial charge on any atom is -0.397 e. The molecule has 0 bridgehead atoms. The normalized spacial score (nSPS) is 12.6. The Morgan fingerprint density at radius 1 is 0.565 bits per heavy atom. The lowest BCUT2D eigenvalue weighted by Crippen LogP contribution is -2.49. The largest absolute Gasteiger partial charge is 0.397 e. The van der Waals surface area contributed by atoms with E-state index in [0.717, 1.165) is 44.3 Å². The molecule has 0 aromatic carbocycles. The van der Waals surface area contributed by atoms with Gasteiger partial charge in [0.25, 0.3) is 0 Å². The fraction of sp³-hybridized carbons (Fsp3) is 0.975. The number of hydrogen-bond donors (Lipinski definition) is 1. The number of thioether (sulfide) groups is 1. The van der Waals surface area contributed by atoms with Crippen LogP contribution in [0.4, 0.5) is 0 Å². The van der Waals surface area contributed by atoms with E-state index in [1.807, 2.05) is 0 Å². The number of nitrogens with one attached hydrogen (secondary N) is 1. The molecule has 1 N–H and O–H groups in total. The fourth-order valence-electron chi connectivity index (χ4n) is 6.53. The topological polar surface area (TPSA) is 47.6 Å². The number of rotatable bonds is 38. The van der Waals surface area contributed by atoms with Crippen molar-refractivity contribution in [3.8, 4) is 0 Å². The van der Waals surface area contributed by atoms with Crippen LogP contribution in [0.2, 0.25) is 6.04 Å². The quantitative estimate of drug-likeness (QED) is 0.0518. The van der Waals surface area contributed by atoms with Crippen LogP contribution in [-0.4, -0.2) is 46.0 Å². The molecule has 0 aromatic heterocycles. The molecule has 6 heteroatoms. The maximum absolute atomic E-state index is 12.3. The van der Waals surface area contributed by atoms with E-state index < -0.39 is 9.28 Å². The highest BCUT2D eigenvalue weighted by Gasteiger charge is 2.29. The molecule has 0 heterocycles. The zero-order valence-corrected chi connectivity index (χ0v) is 34.0. The highest BCUT2D eigenvalue weighted by Crippen LogP contribution is 2.25. The van der Waals surface area contributed by atoms with Gasteiger partial charge in [-0.05, 0) is 45.7 Å². The Balaban J connectivity index is 4.68. The fourth-order valence-corrected chi connectivity index (χ4v) is 9.49. The summed E-state index contributed by atoms with van der Waals surface area (Å²) in [6, 6.07) is 1.00. The van der Waals surface area contributed by atoms with Crippen molar-refractivity contribution < 1.29 is 13.6 Å². The first-order chi connectivity index (χ1) is 22.6. The van der Waals surface area contributed by atoms with Gasteiger partial charge in [-0.2, -0.15) is 0 Å². The summed E-state index contributed by atoms with van der Waals surface area (Å²) in [5, 5.41) is 4.15. The zero-order chi connectivity index (χ0) is 33.8. The highest BCUT2D eigenvalue weighted by molar-refractivity contribution is 8.13. The molecule has 4 nitrogen and oxygen atoms in total. The number of carbonyl (C=O) groups is 1. The minimum atomic E-state index is -1.75. The van der Waals surface area contributed by atoms with E-state index in [9.17, 15) is 4.79 Å². The number of unbranched alkanes of at least 4 members (excludes halogenated alkanes) is 22. The predicted molar refractivity (Wildman–Crippen MR) is 210 cm³/mol. The molecule has 0 amide bonds. The summed E-state index contributed by atoms with van der Waals surface area (Å²) < 4.78 is 12.9. The van der Waals surface area contributed by atoms with Crippen LogP contribution in [0.15, 0.2) is 0 Å². The summed E-state index contributed by atoms with van der Waals surface area (Å²) in [5.74, 6) is 0.905. The van der Waals surface area contributed by atoms with Crippen LogP contribution < -0.4 is 5.32 Å². The third-order valence-electron chi connectivity index (χ3n) is 9.78. The number of likely N-dealkylation sites (N-methyl/N-ethyl adjacent to an activating group) is 1. The molecule has 46 heavy (non-hydrogen) atoms. The van der Waals surface area contributed by atoms with Crippen molar-refractivity contribution >= 4 is 26.2 Å². The van der Waals surface area contributed by atoms with Crippen LogP contribution in [0.25, 0.3) is 0 Å². The van der Waals surface area contributed by atoms with Crippen LogP contribution in [0.3, 0.4) is 0 Å². The van der Waals surface area contributed by atoms with Gasteiger partial charge in [0, 0.05) is 24.3 Å². The van der Waals surface area contributed by atoms with Gasteiger partial charge in [-0.3, -0.25) is 4.79 Å². The lowest BCUT2D eigenvalue weighted by Gasteiger charge is -2.35. The Morgan fingerprint density at radius 2 is 0.978 bits per heavy atom. The summed E-state index contributed by atoms with van der Waals surface area (Å²) in [6.07, 6.45) is 37.8. The molecule has 0 aromatic rings. The van der Waals surface area contributed by atoms with Gasteiger partial charge in [0.05, 0.1) is 6.61 Å². The minimum absolute atomic E-state index is 0.0607. The van der Waals surface area contributed by atoms with E-state index in [2.05, 4.69) is 40.1 Å². The molecule has 0 fully saturated rings. The highest BCUT2D eigenvalue weighted by atomic mass is 32.2. The van der Waals surface area contributed by atoms with Gasteiger partial charge in [0.1, 0.15) is 0 Å². The molecule has 0 spiro atoms. The molecule has 1 unspecified atom stereocenters. The van der Waals surface area contributed by atoms with Gasteiger partial charge in [-0.1, -0.05) is 187 Å². The molecule has 0 aliphatic carbocycles. The van der Waals surface area contributed by atoms with E-state index in [1.54, 1.807) is 0 Å². The summed E-state index contributed by atoms with van der Waals surface area (Å²) in [4.78, 5) is 12.3. The van der Waals surface area contributed by atoms with Crippen LogP contribution in [0.5, 0.6) is 0 Å². The van der Waals surface area contributed by atoms with Gasteiger partial charge < -0.3 is 14.2 Å². The average molecular weight is 686 g/mol. The van der Waals surface area contributed by atoms with Gasteiger partial charge >= 0.3 is 9.28 Å². The first kappa shape index (κ1) is 46.1. The molecular weight excluding hydrogens is 603 g/mol. The molecule has 276 valence electrons. The van der Waals surface area contributed by atoms with Crippen molar-refractivity contribution in [2.75, 3.05) is 26.0 Å². The van der Waals surface area contributed by atoms with Gasteiger partial charge in [0.15, 0.2) is 5.12 Å². The van der Waals surface area contributed by atoms with E-state index in [4.69, 9.17) is 8.85 Å². The Labute approximate surface area is 295 Å². The maximum Gasteiger partial charge on any atom is 0.321 e. The lowest BCUT2D eigenvalue weighted by molar-refractivity contribution is -0.111. The molecule has 0 saturated carbocycles. The summed E-state index contributed by atoms with van der Waals surface area (Å²) in [6.45, 7) is 10.4. The second-order valence-electron chi connectivity index (χ2n) is 14.1. The predicted octanol–water partition coefficient (Wildman–Crippen LogP) is 12.9. The van der Waals surface area contributed by atoms with Crippen molar-refractivity contribution in [2.24, 2.45) is 0 Å². The Bertz CT molecular complexity index is 599. The van der Waals surface area contributed by atoms with E-state index in [0.29, 0.717) is 5.12 Å². The number of hydrogen-bond acceptors (Lipinski definition) is 5. The summed E-state index contributed by atoms with van der Waals surface area (Å²) in [5.41, 5.74) is 0.0607. The molecule has 1 atom stereocenters. The molecular formula is C40H83NO3SSi. The van der Waals surface area contributed by atoms with E-state index in [1.165, 1.54) is 179 Å². The van der Waals surface area contributed by atoms with Gasteiger partial charge in [-0.15, -0.1) is 0 Å². The molecule has 0 radical (unpaired) electrons. The SMILES string of the molecule is CCCCCCCCCCCCC(CCCCCCCCCCCC)(CO[SiH](CCCSC(=O)CCCCCCC)OCC)NC. The van der Waals surface area contributed by atoms with Gasteiger partial charge in [0.2, 0.25) is 0 Å². The molecule has 0 aliphatic rings. The van der Waals surface area contributed by atoms with E-state index >= 15 is 0 Å². The number of carbonyl (C=O) groups excluding carboxylic acids is 1. The van der Waals surface area contributed by atoms with Crippen LogP contribution in [0.1, 0.15) is 214 Å². The molecule has 0 aliphatic heterocycles. The first-order valence-electron chi connectivity index (χ1n) is 20.6. The first-order valence-corrected chi connectivity index (χ1v) is 23.4. The monoisotopic (exact) mass is 686 g/mol. The van der Waals surface area contributed by atoms with E-state index in [-0.39, 0.29) is 5.54 Å². The third kappa shape index (κ3) is 30.2. The maximum atomic E-state index is 12.3. The van der Waals surface area contributed by atoms with Crippen LogP contribution in [0, 0.1) is 0 Å². The second kappa shape index (κ2) is 36.4. The van der Waals surface area contributed by atoms with Crippen LogP contribution >= 0.6 is 11.8 Å². The van der Waals surface area contributed by atoms with Gasteiger partial charge in [-0.25, -0.2) is 0 Å². The van der Waals surface area contributed by atoms with Crippen molar-refractivity contribution in [3.05, 3.63) is 0 Å². The standard InChI is InChI=1S/C40H83NO3SSi/c1-6-10-13-16-18-20-22-24-27-30-34-40(41-5,35-31-28-25-23-21-19-17-14-11-7-2)38-44-46(43-9-4)37-32-36-45-39(42)33-29-26-15-12-8-3/h41,46H,6-38H2,1-5H3. The van der Waals surface area contributed by atoms with Crippen molar-refractivity contribution in [2.45, 2.75) is 225 Å². The van der Waals surface area contributed by atoms with Crippen molar-refractivity contribution in [1.82, 2.24) is 5.32 Å². The summed E-state index contributed by atoms with van der Waals surface area (Å²) >= 11 is 1.54. The van der Waals surface area contributed by atoms with Crippen LogP contribution in [-0.2, 0) is 13.6 Å². The molecule has 0 saturated heterocycles. The zero-order valence-electron chi connectivity index (χ0n) is 32.0. The average Bonchev–Trinajstić information content (AvgIpc) is 3.06. The Morgan fingerprint density at radius 3 is 1.39 bits per heavy atom. The Kier molecular flexibility index (Phi) is 36.5. The Hall–Kier alpha value is 0.117. The second-order valence-corrected chi connectivity index (χ2v) is 17.4. The molecule has 0 rings (SSSR count).